The number of rotatable bonds is 6. The van der Waals surface area contributed by atoms with Crippen LogP contribution in [0, 0.1) is 5.92 Å². The van der Waals surface area contributed by atoms with Gasteiger partial charge >= 0.3 is 6.03 Å². The summed E-state index contributed by atoms with van der Waals surface area (Å²) in [6.45, 7) is 12.1. The molecule has 134 valence electrons. The van der Waals surface area contributed by atoms with Crippen molar-refractivity contribution >= 4 is 17.6 Å². The first-order valence-corrected chi connectivity index (χ1v) is 8.57. The highest BCUT2D eigenvalue weighted by Crippen LogP contribution is 2.12. The van der Waals surface area contributed by atoms with Crippen LogP contribution < -0.4 is 16.0 Å². The molecule has 5 heteroatoms. The average Bonchev–Trinajstić information content (AvgIpc) is 2.43. The van der Waals surface area contributed by atoms with Crippen LogP contribution in [0.15, 0.2) is 24.3 Å². The largest absolute Gasteiger partial charge is 0.347 e. The fraction of sp³-hybridized carbons (Fsp3) is 0.579. The zero-order valence-electron chi connectivity index (χ0n) is 15.7. The molecule has 1 aromatic rings. The van der Waals surface area contributed by atoms with Crippen molar-refractivity contribution in [2.45, 2.75) is 66.0 Å². The summed E-state index contributed by atoms with van der Waals surface area (Å²) in [5, 5.41) is 8.62. The smallest absolute Gasteiger partial charge is 0.319 e. The number of carbonyl (C=O) groups excluding carboxylic acids is 2. The van der Waals surface area contributed by atoms with Gasteiger partial charge in [0.25, 0.3) is 5.91 Å². The zero-order chi connectivity index (χ0) is 18.3. The van der Waals surface area contributed by atoms with Gasteiger partial charge in [0.1, 0.15) is 0 Å². The van der Waals surface area contributed by atoms with E-state index in [4.69, 9.17) is 0 Å². The highest BCUT2D eigenvalue weighted by atomic mass is 16.2. The number of anilines is 1. The predicted molar refractivity (Wildman–Crippen MR) is 99.3 cm³/mol. The minimum atomic E-state index is -0.302. The molecular weight excluding hydrogens is 302 g/mol. The number of urea groups is 1. The molecule has 0 bridgehead atoms. The summed E-state index contributed by atoms with van der Waals surface area (Å²) in [6, 6.07) is 6.80. The van der Waals surface area contributed by atoms with Crippen molar-refractivity contribution < 1.29 is 9.59 Å². The summed E-state index contributed by atoms with van der Waals surface area (Å²) in [4.78, 5) is 24.2. The van der Waals surface area contributed by atoms with Crippen molar-refractivity contribution in [3.8, 4) is 0 Å². The minimum Gasteiger partial charge on any atom is -0.347 e. The van der Waals surface area contributed by atoms with E-state index in [0.717, 1.165) is 12.8 Å². The van der Waals surface area contributed by atoms with Crippen LogP contribution in [0.5, 0.6) is 0 Å². The van der Waals surface area contributed by atoms with E-state index in [9.17, 15) is 9.59 Å². The van der Waals surface area contributed by atoms with Crippen molar-refractivity contribution in [1.82, 2.24) is 10.6 Å². The Bertz CT molecular complexity index is 562. The second-order valence-electron chi connectivity index (χ2n) is 7.76. The Morgan fingerprint density at radius 1 is 1.08 bits per heavy atom. The molecule has 0 heterocycles. The van der Waals surface area contributed by atoms with Gasteiger partial charge in [0.05, 0.1) is 0 Å². The van der Waals surface area contributed by atoms with Crippen LogP contribution in [0.3, 0.4) is 0 Å². The Kier molecular flexibility index (Phi) is 7.26. The number of hydrogen-bond acceptors (Lipinski definition) is 2. The van der Waals surface area contributed by atoms with Gasteiger partial charge < -0.3 is 16.0 Å². The Hall–Kier alpha value is -2.04. The molecule has 0 aromatic heterocycles. The second kappa shape index (κ2) is 8.71. The molecule has 3 amide bonds. The maximum absolute atomic E-state index is 12.2. The SMILES string of the molecule is CC(C)CCC(C)NC(=O)Nc1cccc(C(=O)NC(C)(C)C)c1. The first-order valence-electron chi connectivity index (χ1n) is 8.57. The molecule has 1 rings (SSSR count). The van der Waals surface area contributed by atoms with E-state index in [-0.39, 0.29) is 23.5 Å². The second-order valence-corrected chi connectivity index (χ2v) is 7.76. The lowest BCUT2D eigenvalue weighted by Crippen LogP contribution is -2.40. The molecule has 0 saturated heterocycles. The Labute approximate surface area is 145 Å². The fourth-order valence-corrected chi connectivity index (χ4v) is 2.20. The first-order chi connectivity index (χ1) is 11.1. The normalized spacial score (nSPS) is 12.6. The van der Waals surface area contributed by atoms with Gasteiger partial charge in [-0.3, -0.25) is 4.79 Å². The van der Waals surface area contributed by atoms with Crippen LogP contribution >= 0.6 is 0 Å². The predicted octanol–water partition coefficient (Wildman–Crippen LogP) is 4.16. The Balaban J connectivity index is 2.61. The molecule has 0 radical (unpaired) electrons. The molecule has 3 N–H and O–H groups in total. The monoisotopic (exact) mass is 333 g/mol. The number of nitrogens with one attached hydrogen (secondary N) is 3. The summed E-state index contributed by atoms with van der Waals surface area (Å²) in [6.07, 6.45) is 2.02. The van der Waals surface area contributed by atoms with E-state index in [1.165, 1.54) is 0 Å². The molecule has 1 atom stereocenters. The Morgan fingerprint density at radius 3 is 2.33 bits per heavy atom. The molecule has 0 saturated carbocycles. The van der Waals surface area contributed by atoms with Crippen LogP contribution in [-0.2, 0) is 0 Å². The standard InChI is InChI=1S/C19H31N3O2/c1-13(2)10-11-14(3)20-18(24)21-16-9-7-8-15(12-16)17(23)22-19(4,5)6/h7-9,12-14H,10-11H2,1-6H3,(H,22,23)(H2,20,21,24). The Morgan fingerprint density at radius 2 is 1.75 bits per heavy atom. The van der Waals surface area contributed by atoms with E-state index in [1.807, 2.05) is 27.7 Å². The van der Waals surface area contributed by atoms with Crippen molar-refractivity contribution in [2.75, 3.05) is 5.32 Å². The van der Waals surface area contributed by atoms with Crippen molar-refractivity contribution in [3.05, 3.63) is 29.8 Å². The fourth-order valence-electron chi connectivity index (χ4n) is 2.20. The third kappa shape index (κ3) is 7.99. The van der Waals surface area contributed by atoms with E-state index in [0.29, 0.717) is 17.2 Å². The van der Waals surface area contributed by atoms with E-state index >= 15 is 0 Å². The molecule has 1 unspecified atom stereocenters. The van der Waals surface area contributed by atoms with Gasteiger partial charge in [-0.2, -0.15) is 0 Å². The number of carbonyl (C=O) groups is 2. The minimum absolute atomic E-state index is 0.111. The molecule has 1 aromatic carbocycles. The summed E-state index contributed by atoms with van der Waals surface area (Å²) >= 11 is 0. The van der Waals surface area contributed by atoms with E-state index in [1.54, 1.807) is 24.3 Å². The maximum atomic E-state index is 12.2. The number of amides is 3. The summed E-state index contributed by atoms with van der Waals surface area (Å²) in [5.41, 5.74) is 0.824. The van der Waals surface area contributed by atoms with Gasteiger partial charge in [-0.1, -0.05) is 19.9 Å². The summed E-state index contributed by atoms with van der Waals surface area (Å²) < 4.78 is 0. The van der Waals surface area contributed by atoms with Gasteiger partial charge in [0.2, 0.25) is 0 Å². The lowest BCUT2D eigenvalue weighted by Gasteiger charge is -2.20. The molecule has 5 nitrogen and oxygen atoms in total. The maximum Gasteiger partial charge on any atom is 0.319 e. The molecule has 0 fully saturated rings. The molecule has 0 aliphatic carbocycles. The summed E-state index contributed by atoms with van der Waals surface area (Å²) in [7, 11) is 0. The lowest BCUT2D eigenvalue weighted by atomic mass is 10.0. The van der Waals surface area contributed by atoms with E-state index < -0.39 is 0 Å². The zero-order valence-corrected chi connectivity index (χ0v) is 15.7. The molecule has 0 aliphatic rings. The quantitative estimate of drug-likeness (QED) is 0.731. The van der Waals surface area contributed by atoms with Crippen LogP contribution in [-0.4, -0.2) is 23.5 Å². The van der Waals surface area contributed by atoms with Gasteiger partial charge in [-0.15, -0.1) is 0 Å². The van der Waals surface area contributed by atoms with Gasteiger partial charge in [0.15, 0.2) is 0 Å². The number of hydrogen-bond donors (Lipinski definition) is 3. The van der Waals surface area contributed by atoms with Crippen LogP contribution in [0.2, 0.25) is 0 Å². The molecule has 0 spiro atoms. The highest BCUT2D eigenvalue weighted by Gasteiger charge is 2.16. The average molecular weight is 333 g/mol. The number of benzene rings is 1. The topological polar surface area (TPSA) is 70.2 Å². The van der Waals surface area contributed by atoms with Gasteiger partial charge in [0, 0.05) is 22.8 Å². The summed E-state index contributed by atoms with van der Waals surface area (Å²) in [5.74, 6) is 0.465. The van der Waals surface area contributed by atoms with Gasteiger partial charge in [-0.25, -0.2) is 4.79 Å². The lowest BCUT2D eigenvalue weighted by molar-refractivity contribution is 0.0919. The van der Waals surface area contributed by atoms with Gasteiger partial charge in [-0.05, 0) is 64.7 Å². The highest BCUT2D eigenvalue weighted by molar-refractivity contribution is 5.97. The van der Waals surface area contributed by atoms with Crippen LogP contribution in [0.1, 0.15) is 64.7 Å². The third-order valence-corrected chi connectivity index (χ3v) is 3.43. The van der Waals surface area contributed by atoms with Crippen molar-refractivity contribution in [2.24, 2.45) is 5.92 Å². The molecule has 24 heavy (non-hydrogen) atoms. The van der Waals surface area contributed by atoms with Crippen LogP contribution in [0.25, 0.3) is 0 Å². The molecule has 0 aliphatic heterocycles. The van der Waals surface area contributed by atoms with Crippen molar-refractivity contribution in [3.63, 3.8) is 0 Å². The first kappa shape index (κ1) is 20.0. The van der Waals surface area contributed by atoms with Crippen molar-refractivity contribution in [1.29, 1.82) is 0 Å². The van der Waals surface area contributed by atoms with E-state index in [2.05, 4.69) is 29.8 Å². The third-order valence-electron chi connectivity index (χ3n) is 3.43. The van der Waals surface area contributed by atoms with Crippen LogP contribution in [0.4, 0.5) is 10.5 Å². The molecular formula is C19H31N3O2.